The summed E-state index contributed by atoms with van der Waals surface area (Å²) in [6, 6.07) is 14.9. The Morgan fingerprint density at radius 3 is 2.29 bits per heavy atom. The van der Waals surface area contributed by atoms with Crippen molar-refractivity contribution in [3.8, 4) is 5.69 Å². The van der Waals surface area contributed by atoms with Gasteiger partial charge in [-0.15, -0.1) is 5.10 Å². The summed E-state index contributed by atoms with van der Waals surface area (Å²) in [6.45, 7) is 14.4. The zero-order chi connectivity index (χ0) is 27.3. The number of allylic oxidation sites excluding steroid dienone is 3. The van der Waals surface area contributed by atoms with Crippen molar-refractivity contribution in [1.82, 2.24) is 15.0 Å². The first kappa shape index (κ1) is 29.2. The lowest BCUT2D eigenvalue weighted by Crippen LogP contribution is -2.28. The largest absolute Gasteiger partial charge is 0.370 e. The van der Waals surface area contributed by atoms with E-state index in [0.29, 0.717) is 0 Å². The maximum atomic E-state index is 4.75. The maximum absolute atomic E-state index is 4.75. The molecule has 204 valence electrons. The number of hydrogen-bond donors (Lipinski definition) is 0. The third-order valence-electron chi connectivity index (χ3n) is 7.01. The van der Waals surface area contributed by atoms with E-state index < -0.39 is 0 Å². The first-order valence-electron chi connectivity index (χ1n) is 14.3. The van der Waals surface area contributed by atoms with Gasteiger partial charge in [0.25, 0.3) is 0 Å². The number of unbranched alkanes of at least 4 members (excludes halogenated alkanes) is 6. The van der Waals surface area contributed by atoms with Crippen LogP contribution in [0.4, 0.5) is 11.4 Å². The molecule has 0 saturated carbocycles. The summed E-state index contributed by atoms with van der Waals surface area (Å²) in [5, 5.41) is 9.10. The van der Waals surface area contributed by atoms with Crippen molar-refractivity contribution in [2.45, 2.75) is 79.1 Å². The SMILES string of the molecule is C=C/C=C(/C)N=C(C)N(C)c1ccc(N(CCCCCC)CCCCCC)c(-n2nnc3ccccc32)c1. The minimum Gasteiger partial charge on any atom is -0.370 e. The van der Waals surface area contributed by atoms with E-state index in [-0.39, 0.29) is 0 Å². The second kappa shape index (κ2) is 15.1. The van der Waals surface area contributed by atoms with E-state index in [2.05, 4.69) is 77.9 Å². The molecule has 0 spiro atoms. The molecule has 0 bridgehead atoms. The van der Waals surface area contributed by atoms with Crippen LogP contribution in [0.25, 0.3) is 16.7 Å². The Kier molecular flexibility index (Phi) is 11.6. The van der Waals surface area contributed by atoms with Gasteiger partial charge in [0, 0.05) is 31.5 Å². The van der Waals surface area contributed by atoms with Crippen LogP contribution in [-0.2, 0) is 0 Å². The normalized spacial score (nSPS) is 12.2. The number of nitrogens with zero attached hydrogens (tertiary/aromatic N) is 6. The number of aliphatic imine (C=N–C) groups is 1. The minimum absolute atomic E-state index is 0.901. The summed E-state index contributed by atoms with van der Waals surface area (Å²) >= 11 is 0. The highest BCUT2D eigenvalue weighted by atomic mass is 15.4. The molecule has 0 atom stereocenters. The predicted molar refractivity (Wildman–Crippen MR) is 165 cm³/mol. The molecule has 2 aromatic carbocycles. The second-order valence-corrected chi connectivity index (χ2v) is 10.0. The van der Waals surface area contributed by atoms with Crippen LogP contribution >= 0.6 is 0 Å². The van der Waals surface area contributed by atoms with Gasteiger partial charge in [-0.25, -0.2) is 9.67 Å². The summed E-state index contributed by atoms with van der Waals surface area (Å²) in [5.41, 5.74) is 6.17. The number of benzene rings is 2. The Hall–Kier alpha value is -3.41. The van der Waals surface area contributed by atoms with E-state index in [9.17, 15) is 0 Å². The summed E-state index contributed by atoms with van der Waals surface area (Å²) < 4.78 is 2.00. The monoisotopic (exact) mass is 514 g/mol. The summed E-state index contributed by atoms with van der Waals surface area (Å²) in [6.07, 6.45) is 13.7. The van der Waals surface area contributed by atoms with E-state index in [1.165, 1.54) is 57.1 Å². The summed E-state index contributed by atoms with van der Waals surface area (Å²) in [7, 11) is 2.06. The van der Waals surface area contributed by atoms with Crippen LogP contribution in [0.1, 0.15) is 79.1 Å². The number of aromatic nitrogens is 3. The molecule has 3 aromatic rings. The molecule has 1 aromatic heterocycles. The smallest absolute Gasteiger partial charge is 0.113 e. The highest BCUT2D eigenvalue weighted by molar-refractivity contribution is 5.97. The van der Waals surface area contributed by atoms with Gasteiger partial charge in [0.15, 0.2) is 0 Å². The molecule has 0 aliphatic rings. The third kappa shape index (κ3) is 7.80. The van der Waals surface area contributed by atoms with Crippen molar-refractivity contribution >= 4 is 28.2 Å². The molecule has 0 aliphatic carbocycles. The first-order valence-corrected chi connectivity index (χ1v) is 14.3. The van der Waals surface area contributed by atoms with Crippen molar-refractivity contribution in [2.75, 3.05) is 29.9 Å². The molecule has 6 heteroatoms. The number of hydrogen-bond acceptors (Lipinski definition) is 4. The van der Waals surface area contributed by atoms with Gasteiger partial charge in [0.05, 0.1) is 16.9 Å². The van der Waals surface area contributed by atoms with Crippen molar-refractivity contribution in [1.29, 1.82) is 0 Å². The number of para-hydroxylation sites is 1. The fraction of sp³-hybridized carbons (Fsp3) is 0.469. The van der Waals surface area contributed by atoms with Crippen LogP contribution in [0.2, 0.25) is 0 Å². The number of rotatable bonds is 15. The zero-order valence-corrected chi connectivity index (χ0v) is 24.2. The molecule has 38 heavy (non-hydrogen) atoms. The quantitative estimate of drug-likeness (QED) is 0.0885. The van der Waals surface area contributed by atoms with Gasteiger partial charge in [-0.05, 0) is 63.1 Å². The van der Waals surface area contributed by atoms with E-state index in [1.807, 2.05) is 36.7 Å². The molecule has 0 unspecified atom stereocenters. The molecule has 0 saturated heterocycles. The average molecular weight is 515 g/mol. The van der Waals surface area contributed by atoms with Crippen molar-refractivity contribution in [3.63, 3.8) is 0 Å². The molecule has 0 fully saturated rings. The Balaban J connectivity index is 2.06. The summed E-state index contributed by atoms with van der Waals surface area (Å²) in [4.78, 5) is 9.44. The Morgan fingerprint density at radius 2 is 1.63 bits per heavy atom. The second-order valence-electron chi connectivity index (χ2n) is 10.0. The van der Waals surface area contributed by atoms with Gasteiger partial charge in [0.2, 0.25) is 0 Å². The van der Waals surface area contributed by atoms with Crippen molar-refractivity contribution in [3.05, 3.63) is 66.9 Å². The number of fused-ring (bicyclic) bond motifs is 1. The predicted octanol–water partition coefficient (Wildman–Crippen LogP) is 8.33. The van der Waals surface area contributed by atoms with Crippen LogP contribution in [0.15, 0.2) is 71.9 Å². The molecule has 6 nitrogen and oxygen atoms in total. The van der Waals surface area contributed by atoms with Crippen molar-refractivity contribution in [2.24, 2.45) is 4.99 Å². The van der Waals surface area contributed by atoms with E-state index in [1.54, 1.807) is 6.08 Å². The van der Waals surface area contributed by atoms with Crippen LogP contribution in [0.5, 0.6) is 0 Å². The maximum Gasteiger partial charge on any atom is 0.113 e. The van der Waals surface area contributed by atoms with Crippen LogP contribution in [0, 0.1) is 0 Å². The Bertz CT molecular complexity index is 1210. The zero-order valence-electron chi connectivity index (χ0n) is 24.2. The van der Waals surface area contributed by atoms with Gasteiger partial charge in [-0.1, -0.05) is 82.4 Å². The third-order valence-corrected chi connectivity index (χ3v) is 7.01. The minimum atomic E-state index is 0.901. The van der Waals surface area contributed by atoms with Gasteiger partial charge in [-0.2, -0.15) is 0 Å². The van der Waals surface area contributed by atoms with Gasteiger partial charge >= 0.3 is 0 Å². The molecular formula is C32H46N6. The standard InChI is InChI=1S/C32H46N6/c1-7-10-12-16-23-37(24-17-13-11-8-2)31-22-21-28(36(6)27(5)33-26(4)18-9-3)25-32(31)38-30-20-15-14-19-29(30)34-35-38/h9,14-15,18-22,25H,3,7-8,10-13,16-17,23-24H2,1-2,4-6H3/b26-18-,33-27?. The summed E-state index contributed by atoms with van der Waals surface area (Å²) in [5.74, 6) is 0.915. The molecule has 1 heterocycles. The first-order chi connectivity index (χ1) is 18.5. The molecular weight excluding hydrogens is 468 g/mol. The lowest BCUT2D eigenvalue weighted by Gasteiger charge is -2.29. The molecule has 3 rings (SSSR count). The fourth-order valence-electron chi connectivity index (χ4n) is 4.74. The highest BCUT2D eigenvalue weighted by Gasteiger charge is 2.18. The van der Waals surface area contributed by atoms with E-state index in [0.717, 1.165) is 47.0 Å². The van der Waals surface area contributed by atoms with E-state index >= 15 is 0 Å². The molecule has 0 aliphatic heterocycles. The van der Waals surface area contributed by atoms with Gasteiger partial charge in [-0.3, -0.25) is 0 Å². The van der Waals surface area contributed by atoms with Gasteiger partial charge in [0.1, 0.15) is 11.4 Å². The average Bonchev–Trinajstić information content (AvgIpc) is 3.36. The lowest BCUT2D eigenvalue weighted by molar-refractivity contribution is 0.607. The number of anilines is 2. The Labute approximate surface area is 229 Å². The lowest BCUT2D eigenvalue weighted by atomic mass is 10.1. The molecule has 0 radical (unpaired) electrons. The fourth-order valence-corrected chi connectivity index (χ4v) is 4.74. The topological polar surface area (TPSA) is 49.5 Å². The van der Waals surface area contributed by atoms with Crippen LogP contribution in [0.3, 0.4) is 0 Å². The number of amidine groups is 1. The molecule has 0 N–H and O–H groups in total. The highest BCUT2D eigenvalue weighted by Crippen LogP contribution is 2.32. The Morgan fingerprint density at radius 1 is 0.947 bits per heavy atom. The molecule has 0 amide bonds. The van der Waals surface area contributed by atoms with Crippen LogP contribution in [-0.4, -0.2) is 41.0 Å². The van der Waals surface area contributed by atoms with Crippen molar-refractivity contribution < 1.29 is 0 Å². The van der Waals surface area contributed by atoms with Crippen LogP contribution < -0.4 is 9.80 Å². The van der Waals surface area contributed by atoms with Gasteiger partial charge < -0.3 is 9.80 Å². The van der Waals surface area contributed by atoms with E-state index in [4.69, 9.17) is 4.99 Å².